The number of ether oxygens (including phenoxy) is 1. The second-order valence-electron chi connectivity index (χ2n) is 8.62. The highest BCUT2D eigenvalue weighted by atomic mass is 16.5. The van der Waals surface area contributed by atoms with Crippen molar-refractivity contribution in [1.29, 1.82) is 0 Å². The maximum absolute atomic E-state index is 6.49. The van der Waals surface area contributed by atoms with Gasteiger partial charge in [-0.15, -0.1) is 0 Å². The van der Waals surface area contributed by atoms with E-state index < -0.39 is 0 Å². The highest BCUT2D eigenvalue weighted by Crippen LogP contribution is 2.43. The molecule has 1 aliphatic rings. The summed E-state index contributed by atoms with van der Waals surface area (Å²) in [6.07, 6.45) is 12.1. The number of aromatic nitrogens is 2. The summed E-state index contributed by atoms with van der Waals surface area (Å²) >= 11 is 0. The first-order chi connectivity index (χ1) is 13.1. The van der Waals surface area contributed by atoms with E-state index in [-0.39, 0.29) is 5.60 Å². The van der Waals surface area contributed by atoms with Crippen molar-refractivity contribution < 1.29 is 4.74 Å². The van der Waals surface area contributed by atoms with Crippen LogP contribution in [0.1, 0.15) is 71.3 Å². The van der Waals surface area contributed by atoms with Crippen LogP contribution >= 0.6 is 0 Å². The number of benzene rings is 2. The number of aryl methyl sites for hydroxylation is 2. The molecule has 0 amide bonds. The third-order valence-corrected chi connectivity index (χ3v) is 5.93. The SMILES string of the molecule is CCCCCCCCn1cnc2c3ccccc3c3c(c21)CCC(C)(C)O3. The maximum atomic E-state index is 6.49. The van der Waals surface area contributed by atoms with Crippen LogP contribution in [0.2, 0.25) is 0 Å². The van der Waals surface area contributed by atoms with Crippen LogP contribution in [-0.4, -0.2) is 15.2 Å². The molecule has 0 spiro atoms. The van der Waals surface area contributed by atoms with Crippen LogP contribution in [0, 0.1) is 0 Å². The van der Waals surface area contributed by atoms with Crippen molar-refractivity contribution in [3.8, 4) is 5.75 Å². The van der Waals surface area contributed by atoms with Gasteiger partial charge in [-0.05, 0) is 33.1 Å². The summed E-state index contributed by atoms with van der Waals surface area (Å²) in [5.41, 5.74) is 3.69. The van der Waals surface area contributed by atoms with Crippen LogP contribution < -0.4 is 4.74 Å². The zero-order chi connectivity index (χ0) is 18.9. The van der Waals surface area contributed by atoms with Gasteiger partial charge in [0.2, 0.25) is 0 Å². The van der Waals surface area contributed by atoms with Crippen LogP contribution in [0.15, 0.2) is 30.6 Å². The molecular weight excluding hydrogens is 332 g/mol. The molecule has 1 aromatic heterocycles. The molecule has 144 valence electrons. The van der Waals surface area contributed by atoms with E-state index >= 15 is 0 Å². The quantitative estimate of drug-likeness (QED) is 0.439. The molecule has 27 heavy (non-hydrogen) atoms. The summed E-state index contributed by atoms with van der Waals surface area (Å²) in [6, 6.07) is 8.58. The zero-order valence-electron chi connectivity index (χ0n) is 17.1. The van der Waals surface area contributed by atoms with Crippen LogP contribution in [-0.2, 0) is 13.0 Å². The van der Waals surface area contributed by atoms with E-state index in [1.807, 2.05) is 6.33 Å². The van der Waals surface area contributed by atoms with Crippen molar-refractivity contribution >= 4 is 21.8 Å². The normalized spacial score (nSPS) is 15.8. The van der Waals surface area contributed by atoms with E-state index in [1.165, 1.54) is 60.4 Å². The number of fused-ring (bicyclic) bond motifs is 6. The number of unbranched alkanes of at least 4 members (excludes halogenated alkanes) is 5. The molecule has 1 aliphatic heterocycles. The Kier molecular flexibility index (Phi) is 5.12. The van der Waals surface area contributed by atoms with Crippen LogP contribution in [0.3, 0.4) is 0 Å². The number of hydrogen-bond acceptors (Lipinski definition) is 2. The fourth-order valence-corrected chi connectivity index (χ4v) is 4.39. The maximum Gasteiger partial charge on any atom is 0.133 e. The predicted molar refractivity (Wildman–Crippen MR) is 114 cm³/mol. The highest BCUT2D eigenvalue weighted by Gasteiger charge is 2.31. The zero-order valence-corrected chi connectivity index (χ0v) is 17.1. The molecule has 0 saturated heterocycles. The van der Waals surface area contributed by atoms with Gasteiger partial charge < -0.3 is 9.30 Å². The third kappa shape index (κ3) is 3.56. The van der Waals surface area contributed by atoms with Crippen molar-refractivity contribution in [3.05, 3.63) is 36.2 Å². The van der Waals surface area contributed by atoms with Crippen LogP contribution in [0.5, 0.6) is 5.75 Å². The summed E-state index contributed by atoms with van der Waals surface area (Å²) in [6.45, 7) is 7.72. The number of nitrogens with zero attached hydrogens (tertiary/aromatic N) is 2. The van der Waals surface area contributed by atoms with Gasteiger partial charge in [-0.1, -0.05) is 63.3 Å². The van der Waals surface area contributed by atoms with E-state index in [1.54, 1.807) is 0 Å². The Morgan fingerprint density at radius 1 is 1.04 bits per heavy atom. The Bertz CT molecular complexity index is 938. The molecule has 0 saturated carbocycles. The second-order valence-corrected chi connectivity index (χ2v) is 8.62. The van der Waals surface area contributed by atoms with Gasteiger partial charge in [0, 0.05) is 22.9 Å². The minimum atomic E-state index is -0.104. The molecule has 0 fully saturated rings. The van der Waals surface area contributed by atoms with Crippen molar-refractivity contribution in [1.82, 2.24) is 9.55 Å². The minimum absolute atomic E-state index is 0.104. The minimum Gasteiger partial charge on any atom is -0.487 e. The first-order valence-corrected chi connectivity index (χ1v) is 10.7. The van der Waals surface area contributed by atoms with E-state index in [9.17, 15) is 0 Å². The average molecular weight is 365 g/mol. The van der Waals surface area contributed by atoms with E-state index in [2.05, 4.69) is 49.6 Å². The van der Waals surface area contributed by atoms with Gasteiger partial charge in [0.15, 0.2) is 0 Å². The first-order valence-electron chi connectivity index (χ1n) is 10.7. The highest BCUT2D eigenvalue weighted by molar-refractivity contribution is 6.09. The fourth-order valence-electron chi connectivity index (χ4n) is 4.39. The molecule has 0 unspecified atom stereocenters. The van der Waals surface area contributed by atoms with Crippen LogP contribution in [0.4, 0.5) is 0 Å². The Labute approximate surface area is 162 Å². The van der Waals surface area contributed by atoms with Gasteiger partial charge in [0.05, 0.1) is 17.4 Å². The summed E-state index contributed by atoms with van der Waals surface area (Å²) < 4.78 is 8.87. The molecule has 2 heterocycles. The van der Waals surface area contributed by atoms with Crippen molar-refractivity contribution in [2.45, 2.75) is 84.3 Å². The lowest BCUT2D eigenvalue weighted by molar-refractivity contribution is 0.0873. The Balaban J connectivity index is 1.70. The van der Waals surface area contributed by atoms with Gasteiger partial charge in [0.1, 0.15) is 11.4 Å². The second kappa shape index (κ2) is 7.53. The molecule has 0 radical (unpaired) electrons. The predicted octanol–water partition coefficient (Wildman–Crippen LogP) is 6.65. The van der Waals surface area contributed by atoms with Crippen molar-refractivity contribution in [3.63, 3.8) is 0 Å². The molecule has 3 aromatic rings. The van der Waals surface area contributed by atoms with Gasteiger partial charge in [-0.2, -0.15) is 0 Å². The lowest BCUT2D eigenvalue weighted by Gasteiger charge is -2.34. The molecule has 3 nitrogen and oxygen atoms in total. The van der Waals surface area contributed by atoms with E-state index in [4.69, 9.17) is 9.72 Å². The monoisotopic (exact) mass is 364 g/mol. The Morgan fingerprint density at radius 3 is 2.59 bits per heavy atom. The van der Waals surface area contributed by atoms with Gasteiger partial charge >= 0.3 is 0 Å². The first kappa shape index (κ1) is 18.3. The number of hydrogen-bond donors (Lipinski definition) is 0. The molecule has 4 rings (SSSR count). The largest absolute Gasteiger partial charge is 0.487 e. The standard InChI is InChI=1S/C24H32N2O/c1-4-5-6-7-8-11-16-26-17-25-21-18-12-9-10-13-19(18)23-20(22(21)26)14-15-24(2,3)27-23/h9-10,12-13,17H,4-8,11,14-16H2,1-3H3. The Hall–Kier alpha value is -2.03. The lowest BCUT2D eigenvalue weighted by Crippen LogP contribution is -2.33. The molecule has 0 aliphatic carbocycles. The number of imidazole rings is 1. The van der Waals surface area contributed by atoms with Gasteiger partial charge in [0.25, 0.3) is 0 Å². The van der Waals surface area contributed by atoms with Gasteiger partial charge in [-0.25, -0.2) is 4.98 Å². The van der Waals surface area contributed by atoms with Crippen molar-refractivity contribution in [2.75, 3.05) is 0 Å². The summed E-state index contributed by atoms with van der Waals surface area (Å²) in [7, 11) is 0. The fraction of sp³-hybridized carbons (Fsp3) is 0.542. The average Bonchev–Trinajstić information content (AvgIpc) is 3.08. The number of rotatable bonds is 7. The Morgan fingerprint density at radius 2 is 1.78 bits per heavy atom. The molecule has 0 atom stereocenters. The van der Waals surface area contributed by atoms with E-state index in [0.717, 1.165) is 30.7 Å². The molecule has 0 N–H and O–H groups in total. The molecule has 0 bridgehead atoms. The summed E-state index contributed by atoms with van der Waals surface area (Å²) in [5, 5.41) is 2.42. The topological polar surface area (TPSA) is 27.1 Å². The van der Waals surface area contributed by atoms with Crippen LogP contribution in [0.25, 0.3) is 21.8 Å². The summed E-state index contributed by atoms with van der Waals surface area (Å²) in [4.78, 5) is 4.83. The van der Waals surface area contributed by atoms with Gasteiger partial charge in [-0.3, -0.25) is 0 Å². The molecular formula is C24H32N2O. The van der Waals surface area contributed by atoms with E-state index in [0.29, 0.717) is 0 Å². The molecule has 3 heteroatoms. The lowest BCUT2D eigenvalue weighted by atomic mass is 9.91. The summed E-state index contributed by atoms with van der Waals surface area (Å²) in [5.74, 6) is 1.08. The third-order valence-electron chi connectivity index (χ3n) is 5.93. The molecule has 2 aromatic carbocycles. The van der Waals surface area contributed by atoms with Crippen molar-refractivity contribution in [2.24, 2.45) is 0 Å². The smallest absolute Gasteiger partial charge is 0.133 e.